The van der Waals surface area contributed by atoms with Gasteiger partial charge in [0.05, 0.1) is 27.4 Å². The highest BCUT2D eigenvalue weighted by Crippen LogP contribution is 2.23. The molecule has 1 aliphatic heterocycles. The Kier molecular flexibility index (Phi) is 6.03. The molecule has 132 valence electrons. The summed E-state index contributed by atoms with van der Waals surface area (Å²) in [5.74, 6) is 1.06. The Morgan fingerprint density at radius 3 is 2.42 bits per heavy atom. The molecule has 1 heterocycles. The van der Waals surface area contributed by atoms with Gasteiger partial charge in [-0.3, -0.25) is 9.59 Å². The number of amides is 2. The second-order valence-corrected chi connectivity index (χ2v) is 5.72. The zero-order valence-corrected chi connectivity index (χ0v) is 14.6. The number of likely N-dealkylation sites (N-methyl/N-ethyl adjacent to an activating group) is 1. The maximum Gasteiger partial charge on any atom is 0.247 e. The Bertz CT molecular complexity index is 582. The van der Waals surface area contributed by atoms with Crippen molar-refractivity contribution in [3.63, 3.8) is 0 Å². The molecule has 0 aliphatic carbocycles. The Hall–Kier alpha value is -2.28. The van der Waals surface area contributed by atoms with E-state index in [1.54, 1.807) is 37.1 Å². The topological polar surface area (TPSA) is 68.3 Å². The van der Waals surface area contributed by atoms with E-state index in [0.717, 1.165) is 5.56 Å². The molecule has 0 spiro atoms. The minimum Gasteiger partial charge on any atom is -0.497 e. The van der Waals surface area contributed by atoms with Gasteiger partial charge in [-0.15, -0.1) is 0 Å². The first-order chi connectivity index (χ1) is 11.5. The van der Waals surface area contributed by atoms with E-state index in [4.69, 9.17) is 14.2 Å². The number of hydrogen-bond acceptors (Lipinski definition) is 5. The molecule has 0 saturated carbocycles. The van der Waals surface area contributed by atoms with Gasteiger partial charge in [-0.1, -0.05) is 0 Å². The Morgan fingerprint density at radius 2 is 1.88 bits per heavy atom. The lowest BCUT2D eigenvalue weighted by Gasteiger charge is -2.36. The van der Waals surface area contributed by atoms with Crippen molar-refractivity contribution in [1.82, 2.24) is 9.80 Å². The van der Waals surface area contributed by atoms with Crippen molar-refractivity contribution in [2.75, 3.05) is 41.0 Å². The molecule has 0 radical (unpaired) electrons. The van der Waals surface area contributed by atoms with Crippen molar-refractivity contribution in [3.05, 3.63) is 23.8 Å². The summed E-state index contributed by atoms with van der Waals surface area (Å²) in [6, 6.07) is 4.91. The lowest BCUT2D eigenvalue weighted by atomic mass is 10.1. The molecule has 1 saturated heterocycles. The van der Waals surface area contributed by atoms with Gasteiger partial charge < -0.3 is 24.0 Å². The molecule has 2 rings (SSSR count). The fourth-order valence-electron chi connectivity index (χ4n) is 2.75. The second kappa shape index (κ2) is 8.01. The van der Waals surface area contributed by atoms with Gasteiger partial charge in [-0.05, 0) is 17.7 Å². The molecule has 1 atom stereocenters. The molecule has 0 aromatic heterocycles. The maximum atomic E-state index is 12.7. The number of ether oxygens (including phenoxy) is 3. The fourth-order valence-corrected chi connectivity index (χ4v) is 2.75. The van der Waals surface area contributed by atoms with Crippen molar-refractivity contribution in [2.45, 2.75) is 19.5 Å². The third kappa shape index (κ3) is 4.17. The van der Waals surface area contributed by atoms with Crippen LogP contribution in [-0.2, 0) is 20.9 Å². The number of carbonyl (C=O) groups excluding carboxylic acids is 2. The van der Waals surface area contributed by atoms with Crippen LogP contribution in [0.15, 0.2) is 18.2 Å². The van der Waals surface area contributed by atoms with Crippen molar-refractivity contribution < 1.29 is 23.8 Å². The van der Waals surface area contributed by atoms with Crippen molar-refractivity contribution >= 4 is 11.8 Å². The van der Waals surface area contributed by atoms with E-state index in [1.165, 1.54) is 6.92 Å². The normalized spacial score (nSPS) is 17.3. The van der Waals surface area contributed by atoms with E-state index in [9.17, 15) is 9.59 Å². The summed E-state index contributed by atoms with van der Waals surface area (Å²) in [6.45, 7) is 2.98. The van der Waals surface area contributed by atoms with Gasteiger partial charge in [0.25, 0.3) is 0 Å². The average molecular weight is 336 g/mol. The van der Waals surface area contributed by atoms with Gasteiger partial charge in [-0.25, -0.2) is 0 Å². The minimum absolute atomic E-state index is 0.118. The predicted molar refractivity (Wildman–Crippen MR) is 88.0 cm³/mol. The Labute approximate surface area is 142 Å². The molecule has 1 fully saturated rings. The van der Waals surface area contributed by atoms with E-state index >= 15 is 0 Å². The van der Waals surface area contributed by atoms with Gasteiger partial charge in [0, 0.05) is 33.1 Å². The van der Waals surface area contributed by atoms with E-state index < -0.39 is 6.04 Å². The summed E-state index contributed by atoms with van der Waals surface area (Å²) in [4.78, 5) is 27.6. The number of hydrogen-bond donors (Lipinski definition) is 0. The molecule has 1 aliphatic rings. The molecular formula is C17H24N2O5. The SMILES string of the molecule is COc1cc(CN(C)C(=O)C2COCCN2C(C)=O)cc(OC)c1. The highest BCUT2D eigenvalue weighted by Gasteiger charge is 2.33. The summed E-state index contributed by atoms with van der Waals surface area (Å²) in [7, 11) is 4.87. The number of rotatable bonds is 5. The first kappa shape index (κ1) is 18.1. The summed E-state index contributed by atoms with van der Waals surface area (Å²) in [5.41, 5.74) is 0.883. The van der Waals surface area contributed by atoms with Gasteiger partial charge in [0.2, 0.25) is 11.8 Å². The van der Waals surface area contributed by atoms with Crippen LogP contribution in [0, 0.1) is 0 Å². The predicted octanol–water partition coefficient (Wildman–Crippen LogP) is 0.909. The fraction of sp³-hybridized carbons (Fsp3) is 0.529. The summed E-state index contributed by atoms with van der Waals surface area (Å²) < 4.78 is 15.9. The first-order valence-corrected chi connectivity index (χ1v) is 7.78. The van der Waals surface area contributed by atoms with Crippen LogP contribution in [0.5, 0.6) is 11.5 Å². The van der Waals surface area contributed by atoms with E-state index in [2.05, 4.69) is 0 Å². The van der Waals surface area contributed by atoms with Crippen LogP contribution in [0.1, 0.15) is 12.5 Å². The standard InChI is InChI=1S/C17H24N2O5/c1-12(20)19-5-6-24-11-16(19)17(21)18(2)10-13-7-14(22-3)9-15(8-13)23-4/h7-9,16H,5-6,10-11H2,1-4H3. The number of methoxy groups -OCH3 is 2. The van der Waals surface area contributed by atoms with Gasteiger partial charge in [-0.2, -0.15) is 0 Å². The molecule has 24 heavy (non-hydrogen) atoms. The molecule has 1 aromatic carbocycles. The van der Waals surface area contributed by atoms with Crippen LogP contribution in [0.3, 0.4) is 0 Å². The lowest BCUT2D eigenvalue weighted by Crippen LogP contribution is -2.55. The average Bonchev–Trinajstić information content (AvgIpc) is 2.60. The van der Waals surface area contributed by atoms with Gasteiger partial charge in [0.1, 0.15) is 17.5 Å². The molecule has 7 nitrogen and oxygen atoms in total. The molecule has 0 bridgehead atoms. The third-order valence-corrected chi connectivity index (χ3v) is 4.03. The van der Waals surface area contributed by atoms with Crippen molar-refractivity contribution in [1.29, 1.82) is 0 Å². The van der Waals surface area contributed by atoms with Crippen molar-refractivity contribution in [2.24, 2.45) is 0 Å². The van der Waals surface area contributed by atoms with Crippen LogP contribution in [0.25, 0.3) is 0 Å². The minimum atomic E-state index is -0.575. The molecule has 1 unspecified atom stereocenters. The summed E-state index contributed by atoms with van der Waals surface area (Å²) in [5, 5.41) is 0. The van der Waals surface area contributed by atoms with E-state index in [-0.39, 0.29) is 18.4 Å². The maximum absolute atomic E-state index is 12.7. The van der Waals surface area contributed by atoms with Crippen LogP contribution >= 0.6 is 0 Å². The monoisotopic (exact) mass is 336 g/mol. The Balaban J connectivity index is 2.12. The lowest BCUT2D eigenvalue weighted by molar-refractivity contribution is -0.152. The molecule has 1 aromatic rings. The number of benzene rings is 1. The number of morpholine rings is 1. The molecular weight excluding hydrogens is 312 g/mol. The van der Waals surface area contributed by atoms with E-state index in [0.29, 0.717) is 31.2 Å². The van der Waals surface area contributed by atoms with Gasteiger partial charge in [0.15, 0.2) is 0 Å². The quantitative estimate of drug-likeness (QED) is 0.799. The van der Waals surface area contributed by atoms with Crippen LogP contribution in [0.2, 0.25) is 0 Å². The Morgan fingerprint density at radius 1 is 1.25 bits per heavy atom. The van der Waals surface area contributed by atoms with Crippen LogP contribution in [-0.4, -0.2) is 68.7 Å². The first-order valence-electron chi connectivity index (χ1n) is 7.78. The van der Waals surface area contributed by atoms with Crippen LogP contribution < -0.4 is 9.47 Å². The zero-order valence-electron chi connectivity index (χ0n) is 14.6. The molecule has 0 N–H and O–H groups in total. The van der Waals surface area contributed by atoms with Crippen molar-refractivity contribution in [3.8, 4) is 11.5 Å². The van der Waals surface area contributed by atoms with E-state index in [1.807, 2.05) is 12.1 Å². The molecule has 7 heteroatoms. The second-order valence-electron chi connectivity index (χ2n) is 5.72. The highest BCUT2D eigenvalue weighted by atomic mass is 16.5. The molecule has 2 amide bonds. The number of nitrogens with zero attached hydrogens (tertiary/aromatic N) is 2. The largest absolute Gasteiger partial charge is 0.497 e. The van der Waals surface area contributed by atoms with Crippen LogP contribution in [0.4, 0.5) is 0 Å². The smallest absolute Gasteiger partial charge is 0.247 e. The summed E-state index contributed by atoms with van der Waals surface area (Å²) in [6.07, 6.45) is 0. The summed E-state index contributed by atoms with van der Waals surface area (Å²) >= 11 is 0. The number of carbonyl (C=O) groups is 2. The highest BCUT2D eigenvalue weighted by molar-refractivity contribution is 5.87. The third-order valence-electron chi connectivity index (χ3n) is 4.03. The van der Waals surface area contributed by atoms with Gasteiger partial charge >= 0.3 is 0 Å². The zero-order chi connectivity index (χ0) is 17.7.